The van der Waals surface area contributed by atoms with E-state index in [0.29, 0.717) is 0 Å². The molecule has 2 nitrogen and oxygen atoms in total. The highest BCUT2D eigenvalue weighted by Crippen LogP contribution is 2.47. The van der Waals surface area contributed by atoms with Crippen molar-refractivity contribution in [3.63, 3.8) is 0 Å². The van der Waals surface area contributed by atoms with Crippen molar-refractivity contribution in [2.24, 2.45) is 11.8 Å². The molecule has 1 saturated heterocycles. The molecule has 17 heavy (non-hydrogen) atoms. The minimum atomic E-state index is 0.780. The predicted molar refractivity (Wildman–Crippen MR) is 72.1 cm³/mol. The van der Waals surface area contributed by atoms with Crippen LogP contribution in [0.2, 0.25) is 0 Å². The van der Waals surface area contributed by atoms with Crippen molar-refractivity contribution in [2.45, 2.75) is 64.0 Å². The third-order valence-corrected chi connectivity index (χ3v) is 5.31. The van der Waals surface area contributed by atoms with Crippen LogP contribution in [0.5, 0.6) is 0 Å². The first-order valence-corrected chi connectivity index (χ1v) is 7.84. The molecule has 3 rings (SSSR count). The largest absolute Gasteiger partial charge is 0.313 e. The minimum absolute atomic E-state index is 0.780. The van der Waals surface area contributed by atoms with Crippen molar-refractivity contribution in [2.75, 3.05) is 19.6 Å². The van der Waals surface area contributed by atoms with Crippen molar-refractivity contribution >= 4 is 0 Å². The summed E-state index contributed by atoms with van der Waals surface area (Å²) in [5.74, 6) is 2.15. The quantitative estimate of drug-likeness (QED) is 0.807. The number of rotatable bonds is 4. The zero-order valence-corrected chi connectivity index (χ0v) is 11.3. The van der Waals surface area contributed by atoms with E-state index in [1.165, 1.54) is 58.2 Å². The molecule has 2 bridgehead atoms. The smallest absolute Gasteiger partial charge is 0.0195 e. The van der Waals surface area contributed by atoms with Crippen LogP contribution in [-0.2, 0) is 0 Å². The first-order valence-electron chi connectivity index (χ1n) is 7.84. The molecule has 2 aliphatic carbocycles. The Morgan fingerprint density at radius 3 is 2.82 bits per heavy atom. The summed E-state index contributed by atoms with van der Waals surface area (Å²) in [6.45, 7) is 6.17. The number of nitrogens with zero attached hydrogens (tertiary/aromatic N) is 1. The highest BCUT2D eigenvalue weighted by Gasteiger charge is 2.42. The van der Waals surface area contributed by atoms with Crippen LogP contribution in [0.15, 0.2) is 0 Å². The summed E-state index contributed by atoms with van der Waals surface area (Å²) < 4.78 is 0. The summed E-state index contributed by atoms with van der Waals surface area (Å²) in [5.41, 5.74) is 0. The SMILES string of the molecule is CCCNC1CCCN(C2CC3CCC2C3)C1. The molecule has 2 saturated carbocycles. The maximum atomic E-state index is 3.73. The van der Waals surface area contributed by atoms with Gasteiger partial charge < -0.3 is 5.32 Å². The second kappa shape index (κ2) is 5.27. The van der Waals surface area contributed by atoms with E-state index in [9.17, 15) is 0 Å². The third-order valence-electron chi connectivity index (χ3n) is 5.31. The molecule has 1 aliphatic heterocycles. The molecule has 0 aromatic carbocycles. The Labute approximate surface area is 106 Å². The van der Waals surface area contributed by atoms with Gasteiger partial charge in [-0.1, -0.05) is 13.3 Å². The zero-order valence-electron chi connectivity index (χ0n) is 11.3. The van der Waals surface area contributed by atoms with Crippen molar-refractivity contribution < 1.29 is 0 Å². The van der Waals surface area contributed by atoms with Gasteiger partial charge in [0.1, 0.15) is 0 Å². The Bertz CT molecular complexity index is 253. The molecule has 0 spiro atoms. The van der Waals surface area contributed by atoms with Crippen LogP contribution in [0.1, 0.15) is 51.9 Å². The van der Waals surface area contributed by atoms with Crippen LogP contribution >= 0.6 is 0 Å². The monoisotopic (exact) mass is 236 g/mol. The molecule has 0 amide bonds. The van der Waals surface area contributed by atoms with Gasteiger partial charge in [-0.05, 0) is 63.5 Å². The van der Waals surface area contributed by atoms with Crippen molar-refractivity contribution in [3.05, 3.63) is 0 Å². The van der Waals surface area contributed by atoms with Crippen molar-refractivity contribution in [1.29, 1.82) is 0 Å². The number of likely N-dealkylation sites (tertiary alicyclic amines) is 1. The Kier molecular flexibility index (Phi) is 3.72. The predicted octanol–water partition coefficient (Wildman–Crippen LogP) is 2.64. The van der Waals surface area contributed by atoms with Gasteiger partial charge in [0.25, 0.3) is 0 Å². The molecular formula is C15H28N2. The van der Waals surface area contributed by atoms with E-state index in [1.54, 1.807) is 6.42 Å². The standard InChI is InChI=1S/C15H28N2/c1-2-7-16-14-4-3-8-17(11-14)15-10-12-5-6-13(15)9-12/h12-16H,2-11H2,1H3. The van der Waals surface area contributed by atoms with Gasteiger partial charge in [-0.25, -0.2) is 0 Å². The topological polar surface area (TPSA) is 15.3 Å². The lowest BCUT2D eigenvalue weighted by atomic mass is 9.92. The Balaban J connectivity index is 1.53. The minimum Gasteiger partial charge on any atom is -0.313 e. The summed E-state index contributed by atoms with van der Waals surface area (Å²) in [7, 11) is 0. The number of hydrogen-bond donors (Lipinski definition) is 1. The molecule has 1 N–H and O–H groups in total. The van der Waals surface area contributed by atoms with Gasteiger partial charge in [-0.3, -0.25) is 4.90 Å². The van der Waals surface area contributed by atoms with E-state index in [1.807, 2.05) is 0 Å². The molecule has 0 aromatic rings. The van der Waals surface area contributed by atoms with Crippen LogP contribution in [-0.4, -0.2) is 36.6 Å². The van der Waals surface area contributed by atoms with Crippen molar-refractivity contribution in [3.8, 4) is 0 Å². The lowest BCUT2D eigenvalue weighted by Gasteiger charge is -2.40. The van der Waals surface area contributed by atoms with Gasteiger partial charge in [-0.2, -0.15) is 0 Å². The molecule has 3 aliphatic rings. The average molecular weight is 236 g/mol. The lowest BCUT2D eigenvalue weighted by molar-refractivity contribution is 0.0998. The summed E-state index contributed by atoms with van der Waals surface area (Å²) >= 11 is 0. The molecule has 2 heteroatoms. The molecule has 4 atom stereocenters. The number of piperidine rings is 1. The summed E-state index contributed by atoms with van der Waals surface area (Å²) in [6.07, 6.45) is 10.2. The number of hydrogen-bond acceptors (Lipinski definition) is 2. The van der Waals surface area contributed by atoms with Gasteiger partial charge in [0, 0.05) is 18.6 Å². The second-order valence-corrected chi connectivity index (χ2v) is 6.53. The lowest BCUT2D eigenvalue weighted by Crippen LogP contribution is -2.51. The number of nitrogens with one attached hydrogen (secondary N) is 1. The average Bonchev–Trinajstić information content (AvgIpc) is 2.99. The number of fused-ring (bicyclic) bond motifs is 2. The van der Waals surface area contributed by atoms with Crippen LogP contribution in [0, 0.1) is 11.8 Å². The van der Waals surface area contributed by atoms with Crippen LogP contribution in [0.4, 0.5) is 0 Å². The molecule has 4 unspecified atom stereocenters. The fraction of sp³-hybridized carbons (Fsp3) is 1.00. The molecule has 3 fully saturated rings. The highest BCUT2D eigenvalue weighted by atomic mass is 15.2. The van der Waals surface area contributed by atoms with E-state index in [2.05, 4.69) is 17.1 Å². The Morgan fingerprint density at radius 1 is 1.18 bits per heavy atom. The first kappa shape index (κ1) is 12.0. The van der Waals surface area contributed by atoms with Gasteiger partial charge in [0.05, 0.1) is 0 Å². The van der Waals surface area contributed by atoms with E-state index in [0.717, 1.165) is 23.9 Å². The fourth-order valence-electron chi connectivity index (χ4n) is 4.48. The van der Waals surface area contributed by atoms with E-state index < -0.39 is 0 Å². The maximum Gasteiger partial charge on any atom is 0.0195 e. The fourth-order valence-corrected chi connectivity index (χ4v) is 4.48. The maximum absolute atomic E-state index is 3.73. The molecule has 98 valence electrons. The van der Waals surface area contributed by atoms with Crippen LogP contribution in [0.3, 0.4) is 0 Å². The van der Waals surface area contributed by atoms with Crippen LogP contribution < -0.4 is 5.32 Å². The van der Waals surface area contributed by atoms with Crippen LogP contribution in [0.25, 0.3) is 0 Å². The molecule has 0 radical (unpaired) electrons. The molecular weight excluding hydrogens is 208 g/mol. The van der Waals surface area contributed by atoms with Gasteiger partial charge >= 0.3 is 0 Å². The third kappa shape index (κ3) is 2.53. The van der Waals surface area contributed by atoms with E-state index in [4.69, 9.17) is 0 Å². The van der Waals surface area contributed by atoms with Crippen molar-refractivity contribution in [1.82, 2.24) is 10.2 Å². The Hall–Kier alpha value is -0.0800. The normalized spacial score (nSPS) is 42.2. The zero-order chi connectivity index (χ0) is 11.7. The van der Waals surface area contributed by atoms with E-state index >= 15 is 0 Å². The summed E-state index contributed by atoms with van der Waals surface area (Å²) in [6, 6.07) is 1.74. The highest BCUT2D eigenvalue weighted by molar-refractivity contribution is 4.97. The first-order chi connectivity index (χ1) is 8.36. The van der Waals surface area contributed by atoms with Gasteiger partial charge in [0.2, 0.25) is 0 Å². The van der Waals surface area contributed by atoms with Gasteiger partial charge in [0.15, 0.2) is 0 Å². The Morgan fingerprint density at radius 2 is 2.12 bits per heavy atom. The molecule has 1 heterocycles. The summed E-state index contributed by atoms with van der Waals surface area (Å²) in [4.78, 5) is 2.83. The second-order valence-electron chi connectivity index (χ2n) is 6.53. The molecule has 0 aromatic heterocycles. The van der Waals surface area contributed by atoms with Gasteiger partial charge in [-0.15, -0.1) is 0 Å². The van der Waals surface area contributed by atoms with E-state index in [-0.39, 0.29) is 0 Å². The summed E-state index contributed by atoms with van der Waals surface area (Å²) in [5, 5.41) is 3.73.